The molecule has 0 saturated heterocycles. The standard InChI is InChI=1S/C17H15N3O/c1-12-6-5-8-16(13(12)2)21-11-17-19-14(10-18)15-7-3-4-9-20(15)17/h3-9H,11H2,1-2H3. The molecule has 0 unspecified atom stereocenters. The van der Waals surface area contributed by atoms with Gasteiger partial charge < -0.3 is 4.74 Å². The summed E-state index contributed by atoms with van der Waals surface area (Å²) in [4.78, 5) is 4.35. The molecule has 0 radical (unpaired) electrons. The van der Waals surface area contributed by atoms with Crippen molar-refractivity contribution in [3.05, 3.63) is 65.2 Å². The van der Waals surface area contributed by atoms with Crippen molar-refractivity contribution >= 4 is 5.52 Å². The van der Waals surface area contributed by atoms with Gasteiger partial charge in [-0.1, -0.05) is 18.2 Å². The van der Waals surface area contributed by atoms with E-state index in [1.807, 2.05) is 47.9 Å². The van der Waals surface area contributed by atoms with Crippen LogP contribution < -0.4 is 4.74 Å². The number of imidazole rings is 1. The third kappa shape index (κ3) is 2.34. The van der Waals surface area contributed by atoms with Crippen molar-refractivity contribution in [2.45, 2.75) is 20.5 Å². The summed E-state index contributed by atoms with van der Waals surface area (Å²) in [6, 6.07) is 13.8. The fourth-order valence-electron chi connectivity index (χ4n) is 2.31. The predicted octanol–water partition coefficient (Wildman–Crippen LogP) is 3.40. The summed E-state index contributed by atoms with van der Waals surface area (Å²) in [7, 11) is 0. The Hall–Kier alpha value is -2.80. The van der Waals surface area contributed by atoms with E-state index in [0.29, 0.717) is 12.3 Å². The SMILES string of the molecule is Cc1cccc(OCc2nc(C#N)c3ccccn23)c1C. The minimum absolute atomic E-state index is 0.331. The van der Waals surface area contributed by atoms with Gasteiger partial charge in [0.05, 0.1) is 5.52 Å². The van der Waals surface area contributed by atoms with E-state index < -0.39 is 0 Å². The van der Waals surface area contributed by atoms with E-state index in [0.717, 1.165) is 22.7 Å². The predicted molar refractivity (Wildman–Crippen MR) is 80.2 cm³/mol. The molecule has 0 saturated carbocycles. The van der Waals surface area contributed by atoms with Crippen LogP contribution in [0.1, 0.15) is 22.6 Å². The van der Waals surface area contributed by atoms with Crippen molar-refractivity contribution in [1.29, 1.82) is 5.26 Å². The van der Waals surface area contributed by atoms with Crippen LogP contribution in [0.15, 0.2) is 42.6 Å². The quantitative estimate of drug-likeness (QED) is 0.737. The Morgan fingerprint density at radius 3 is 2.86 bits per heavy atom. The van der Waals surface area contributed by atoms with Gasteiger partial charge in [0.15, 0.2) is 11.5 Å². The summed E-state index contributed by atoms with van der Waals surface area (Å²) < 4.78 is 7.77. The lowest BCUT2D eigenvalue weighted by atomic mass is 10.1. The number of aryl methyl sites for hydroxylation is 1. The molecule has 1 aromatic carbocycles. The van der Waals surface area contributed by atoms with E-state index in [1.54, 1.807) is 0 Å². The third-order valence-corrected chi connectivity index (χ3v) is 3.64. The molecular formula is C17H15N3O. The first-order valence-electron chi connectivity index (χ1n) is 6.76. The highest BCUT2D eigenvalue weighted by atomic mass is 16.5. The Balaban J connectivity index is 1.93. The zero-order chi connectivity index (χ0) is 14.8. The number of rotatable bonds is 3. The van der Waals surface area contributed by atoms with E-state index in [1.165, 1.54) is 5.56 Å². The van der Waals surface area contributed by atoms with Gasteiger partial charge in [-0.3, -0.25) is 4.40 Å². The smallest absolute Gasteiger partial charge is 0.166 e. The lowest BCUT2D eigenvalue weighted by Crippen LogP contribution is -2.02. The number of nitrogens with zero attached hydrogens (tertiary/aromatic N) is 3. The van der Waals surface area contributed by atoms with E-state index in [-0.39, 0.29) is 0 Å². The lowest BCUT2D eigenvalue weighted by Gasteiger charge is -2.10. The highest BCUT2D eigenvalue weighted by molar-refractivity contribution is 5.58. The summed E-state index contributed by atoms with van der Waals surface area (Å²) in [5.74, 6) is 1.57. The van der Waals surface area contributed by atoms with Crippen molar-refractivity contribution in [1.82, 2.24) is 9.38 Å². The van der Waals surface area contributed by atoms with Crippen LogP contribution in [0.3, 0.4) is 0 Å². The fourth-order valence-corrected chi connectivity index (χ4v) is 2.31. The third-order valence-electron chi connectivity index (χ3n) is 3.64. The lowest BCUT2D eigenvalue weighted by molar-refractivity contribution is 0.293. The number of fused-ring (bicyclic) bond motifs is 1. The molecule has 4 nitrogen and oxygen atoms in total. The average Bonchev–Trinajstić information content (AvgIpc) is 2.87. The molecule has 104 valence electrons. The topological polar surface area (TPSA) is 50.3 Å². The zero-order valence-corrected chi connectivity index (χ0v) is 12.0. The Labute approximate surface area is 123 Å². The maximum atomic E-state index is 9.15. The van der Waals surface area contributed by atoms with Gasteiger partial charge in [0.25, 0.3) is 0 Å². The Morgan fingerprint density at radius 1 is 1.19 bits per heavy atom. The van der Waals surface area contributed by atoms with Gasteiger partial charge in [-0.05, 0) is 43.2 Å². The first kappa shape index (κ1) is 13.2. The van der Waals surface area contributed by atoms with Crippen molar-refractivity contribution in [2.24, 2.45) is 0 Å². The van der Waals surface area contributed by atoms with Gasteiger partial charge in [-0.25, -0.2) is 4.98 Å². The van der Waals surface area contributed by atoms with Crippen LogP contribution in [0.5, 0.6) is 5.75 Å². The second kappa shape index (κ2) is 5.29. The van der Waals surface area contributed by atoms with Gasteiger partial charge in [-0.15, -0.1) is 0 Å². The van der Waals surface area contributed by atoms with Crippen molar-refractivity contribution in [2.75, 3.05) is 0 Å². The molecule has 0 aliphatic heterocycles. The highest BCUT2D eigenvalue weighted by Crippen LogP contribution is 2.22. The monoisotopic (exact) mass is 277 g/mol. The first-order valence-corrected chi connectivity index (χ1v) is 6.76. The molecule has 0 aliphatic rings. The van der Waals surface area contributed by atoms with E-state index in [2.05, 4.69) is 24.0 Å². The summed E-state index contributed by atoms with van der Waals surface area (Å²) in [5, 5.41) is 9.15. The molecule has 2 heterocycles. The van der Waals surface area contributed by atoms with Crippen LogP contribution >= 0.6 is 0 Å². The molecule has 0 amide bonds. The second-order valence-electron chi connectivity index (χ2n) is 4.93. The maximum absolute atomic E-state index is 9.15. The Kier molecular flexibility index (Phi) is 3.33. The molecule has 0 N–H and O–H groups in total. The zero-order valence-electron chi connectivity index (χ0n) is 12.0. The van der Waals surface area contributed by atoms with Crippen LogP contribution in [0.25, 0.3) is 5.52 Å². The summed E-state index contributed by atoms with van der Waals surface area (Å²) in [5.41, 5.74) is 3.55. The van der Waals surface area contributed by atoms with Gasteiger partial charge >= 0.3 is 0 Å². The molecule has 0 bridgehead atoms. The van der Waals surface area contributed by atoms with Crippen molar-refractivity contribution in [3.8, 4) is 11.8 Å². The number of benzene rings is 1. The summed E-state index contributed by atoms with van der Waals surface area (Å²) in [6.07, 6.45) is 1.89. The van der Waals surface area contributed by atoms with Crippen LogP contribution in [0.2, 0.25) is 0 Å². The van der Waals surface area contributed by atoms with Gasteiger partial charge in [0, 0.05) is 6.20 Å². The molecule has 0 spiro atoms. The number of nitriles is 1. The number of hydrogen-bond acceptors (Lipinski definition) is 3. The minimum atomic E-state index is 0.331. The van der Waals surface area contributed by atoms with Gasteiger partial charge in [0.2, 0.25) is 0 Å². The largest absolute Gasteiger partial charge is 0.485 e. The molecule has 21 heavy (non-hydrogen) atoms. The summed E-state index contributed by atoms with van der Waals surface area (Å²) >= 11 is 0. The van der Waals surface area contributed by atoms with Crippen molar-refractivity contribution in [3.63, 3.8) is 0 Å². The molecule has 2 aromatic heterocycles. The number of ether oxygens (including phenoxy) is 1. The highest BCUT2D eigenvalue weighted by Gasteiger charge is 2.11. The van der Waals surface area contributed by atoms with E-state index in [4.69, 9.17) is 10.00 Å². The average molecular weight is 277 g/mol. The maximum Gasteiger partial charge on any atom is 0.166 e. The number of aromatic nitrogens is 2. The van der Waals surface area contributed by atoms with E-state index in [9.17, 15) is 0 Å². The molecule has 4 heteroatoms. The molecule has 3 rings (SSSR count). The number of hydrogen-bond donors (Lipinski definition) is 0. The van der Waals surface area contributed by atoms with Crippen LogP contribution in [0, 0.1) is 25.2 Å². The Bertz CT molecular complexity index is 843. The van der Waals surface area contributed by atoms with E-state index >= 15 is 0 Å². The first-order chi connectivity index (χ1) is 10.2. The second-order valence-corrected chi connectivity index (χ2v) is 4.93. The molecular weight excluding hydrogens is 262 g/mol. The molecule has 0 atom stereocenters. The van der Waals surface area contributed by atoms with Crippen molar-refractivity contribution < 1.29 is 4.74 Å². The van der Waals surface area contributed by atoms with Gasteiger partial charge in [0.1, 0.15) is 18.4 Å². The molecule has 0 fully saturated rings. The van der Waals surface area contributed by atoms with Crippen LogP contribution in [-0.4, -0.2) is 9.38 Å². The fraction of sp³-hybridized carbons (Fsp3) is 0.176. The minimum Gasteiger partial charge on any atom is -0.485 e. The van der Waals surface area contributed by atoms with Gasteiger partial charge in [-0.2, -0.15) is 5.26 Å². The summed E-state index contributed by atoms with van der Waals surface area (Å²) in [6.45, 7) is 4.42. The molecule has 0 aliphatic carbocycles. The number of pyridine rings is 1. The van der Waals surface area contributed by atoms with Crippen LogP contribution in [0.4, 0.5) is 0 Å². The normalized spacial score (nSPS) is 10.5. The Morgan fingerprint density at radius 2 is 2.05 bits per heavy atom. The molecule has 3 aromatic rings. The van der Waals surface area contributed by atoms with Crippen LogP contribution in [-0.2, 0) is 6.61 Å².